The van der Waals surface area contributed by atoms with E-state index in [9.17, 15) is 4.79 Å². The van der Waals surface area contributed by atoms with E-state index in [1.165, 1.54) is 0 Å². The summed E-state index contributed by atoms with van der Waals surface area (Å²) >= 11 is 0. The quantitative estimate of drug-likeness (QED) is 0.820. The van der Waals surface area contributed by atoms with Crippen LogP contribution in [0.1, 0.15) is 35.6 Å². The second kappa shape index (κ2) is 4.31. The topological polar surface area (TPSA) is 65.8 Å². The maximum Gasteiger partial charge on any atom is 0.254 e. The Kier molecular flexibility index (Phi) is 3.28. The maximum atomic E-state index is 11.8. The average molecular weight is 217 g/mol. The molecule has 4 heteroatoms. The van der Waals surface area contributed by atoms with Crippen molar-refractivity contribution in [2.24, 2.45) is 0 Å². The number of aryl methyl sites for hydroxylation is 2. The Balaban J connectivity index is 2.95. The van der Waals surface area contributed by atoms with Crippen LogP contribution in [-0.4, -0.2) is 16.4 Å². The second-order valence-corrected chi connectivity index (χ2v) is 4.28. The third kappa shape index (κ3) is 2.80. The molecule has 0 aliphatic rings. The van der Waals surface area contributed by atoms with Gasteiger partial charge in [0.2, 0.25) is 0 Å². The highest BCUT2D eigenvalue weighted by atomic mass is 16.1. The fraction of sp³-hybridized carbons (Fsp3) is 0.417. The summed E-state index contributed by atoms with van der Waals surface area (Å²) in [4.78, 5) is 16.1. The summed E-state index contributed by atoms with van der Waals surface area (Å²) in [5.41, 5.74) is 1.18. The molecule has 1 N–H and O–H groups in total. The molecule has 0 saturated heterocycles. The summed E-state index contributed by atoms with van der Waals surface area (Å²) in [6, 6.07) is 5.52. The molecular formula is C12H15N3O. The fourth-order valence-corrected chi connectivity index (χ4v) is 1.31. The molecule has 0 aromatic carbocycles. The molecule has 0 radical (unpaired) electrons. The monoisotopic (exact) mass is 217 g/mol. The lowest BCUT2D eigenvalue weighted by atomic mass is 10.1. The van der Waals surface area contributed by atoms with Crippen molar-refractivity contribution in [2.45, 2.75) is 33.2 Å². The Labute approximate surface area is 95.3 Å². The van der Waals surface area contributed by atoms with Gasteiger partial charge in [0, 0.05) is 5.69 Å². The van der Waals surface area contributed by atoms with E-state index >= 15 is 0 Å². The number of aromatic nitrogens is 1. The SMILES string of the molecule is Cc1ccc(C(=O)NC(C)(C)C#N)c(C)n1. The van der Waals surface area contributed by atoms with Crippen LogP contribution < -0.4 is 5.32 Å². The number of hydrogen-bond donors (Lipinski definition) is 1. The van der Waals surface area contributed by atoms with E-state index in [0.717, 1.165) is 5.69 Å². The molecule has 0 bridgehead atoms. The lowest BCUT2D eigenvalue weighted by molar-refractivity contribution is 0.0928. The number of nitrogens with one attached hydrogen (secondary N) is 1. The molecule has 0 aliphatic carbocycles. The van der Waals surface area contributed by atoms with Crippen LogP contribution in [0.5, 0.6) is 0 Å². The average Bonchev–Trinajstić information content (AvgIpc) is 2.16. The number of rotatable bonds is 2. The van der Waals surface area contributed by atoms with E-state index < -0.39 is 5.54 Å². The van der Waals surface area contributed by atoms with Gasteiger partial charge in [-0.3, -0.25) is 9.78 Å². The highest BCUT2D eigenvalue weighted by molar-refractivity contribution is 5.95. The van der Waals surface area contributed by atoms with Crippen LogP contribution in [0, 0.1) is 25.2 Å². The van der Waals surface area contributed by atoms with Gasteiger partial charge in [0.15, 0.2) is 0 Å². The molecule has 1 aromatic rings. The standard InChI is InChI=1S/C12H15N3O/c1-8-5-6-10(9(2)14-8)11(16)15-12(3,4)7-13/h5-6H,1-4H3,(H,15,16). The zero-order valence-electron chi connectivity index (χ0n) is 9.96. The van der Waals surface area contributed by atoms with Gasteiger partial charge in [-0.25, -0.2) is 0 Å². The molecular weight excluding hydrogens is 202 g/mol. The normalized spacial score (nSPS) is 10.7. The Morgan fingerprint density at radius 2 is 2.06 bits per heavy atom. The summed E-state index contributed by atoms with van der Waals surface area (Å²) in [6.07, 6.45) is 0. The van der Waals surface area contributed by atoms with Crippen LogP contribution in [-0.2, 0) is 0 Å². The van der Waals surface area contributed by atoms with Crippen molar-refractivity contribution in [1.82, 2.24) is 10.3 Å². The van der Waals surface area contributed by atoms with Crippen molar-refractivity contribution >= 4 is 5.91 Å². The summed E-state index contributed by atoms with van der Waals surface area (Å²) in [5.74, 6) is -0.267. The molecule has 0 atom stereocenters. The molecule has 1 heterocycles. The van der Waals surface area contributed by atoms with Gasteiger partial charge in [0.05, 0.1) is 17.3 Å². The molecule has 84 valence electrons. The number of hydrogen-bond acceptors (Lipinski definition) is 3. The molecule has 4 nitrogen and oxygen atoms in total. The smallest absolute Gasteiger partial charge is 0.254 e. The summed E-state index contributed by atoms with van der Waals surface area (Å²) in [5, 5.41) is 11.5. The van der Waals surface area contributed by atoms with E-state index in [1.54, 1.807) is 32.9 Å². The maximum absolute atomic E-state index is 11.8. The Hall–Kier alpha value is -1.89. The van der Waals surface area contributed by atoms with Gasteiger partial charge < -0.3 is 5.32 Å². The number of carbonyl (C=O) groups excluding carboxylic acids is 1. The van der Waals surface area contributed by atoms with Crippen molar-refractivity contribution in [3.63, 3.8) is 0 Å². The largest absolute Gasteiger partial charge is 0.334 e. The number of nitrogens with zero attached hydrogens (tertiary/aromatic N) is 2. The van der Waals surface area contributed by atoms with Gasteiger partial charge in [-0.2, -0.15) is 5.26 Å². The minimum Gasteiger partial charge on any atom is -0.334 e. The number of amides is 1. The van der Waals surface area contributed by atoms with Gasteiger partial charge in [-0.1, -0.05) is 0 Å². The van der Waals surface area contributed by atoms with Gasteiger partial charge in [0.25, 0.3) is 5.91 Å². The first-order valence-electron chi connectivity index (χ1n) is 5.04. The van der Waals surface area contributed by atoms with E-state index in [-0.39, 0.29) is 5.91 Å². The fourth-order valence-electron chi connectivity index (χ4n) is 1.31. The highest BCUT2D eigenvalue weighted by Gasteiger charge is 2.21. The van der Waals surface area contributed by atoms with E-state index in [1.807, 2.05) is 13.0 Å². The van der Waals surface area contributed by atoms with Crippen molar-refractivity contribution in [1.29, 1.82) is 5.26 Å². The second-order valence-electron chi connectivity index (χ2n) is 4.28. The number of nitriles is 1. The van der Waals surface area contributed by atoms with Crippen molar-refractivity contribution in [2.75, 3.05) is 0 Å². The Morgan fingerprint density at radius 1 is 1.44 bits per heavy atom. The van der Waals surface area contributed by atoms with Crippen molar-refractivity contribution < 1.29 is 4.79 Å². The molecule has 0 unspecified atom stereocenters. The molecule has 1 aromatic heterocycles. The first kappa shape index (κ1) is 12.2. The Bertz CT molecular complexity index is 458. The van der Waals surface area contributed by atoms with Gasteiger partial charge in [-0.05, 0) is 39.8 Å². The molecule has 0 saturated carbocycles. The van der Waals surface area contributed by atoms with Crippen LogP contribution in [0.3, 0.4) is 0 Å². The van der Waals surface area contributed by atoms with E-state index in [4.69, 9.17) is 5.26 Å². The molecule has 16 heavy (non-hydrogen) atoms. The molecule has 0 spiro atoms. The third-order valence-electron chi connectivity index (χ3n) is 2.18. The van der Waals surface area contributed by atoms with E-state index in [0.29, 0.717) is 11.3 Å². The number of pyridine rings is 1. The Morgan fingerprint density at radius 3 is 2.56 bits per heavy atom. The van der Waals surface area contributed by atoms with E-state index in [2.05, 4.69) is 10.3 Å². The predicted octanol–water partition coefficient (Wildman–Crippen LogP) is 1.73. The third-order valence-corrected chi connectivity index (χ3v) is 2.18. The van der Waals surface area contributed by atoms with Crippen molar-refractivity contribution in [3.8, 4) is 6.07 Å². The van der Waals surface area contributed by atoms with Crippen LogP contribution in [0.2, 0.25) is 0 Å². The molecule has 0 aliphatic heterocycles. The van der Waals surface area contributed by atoms with Crippen LogP contribution in [0.4, 0.5) is 0 Å². The van der Waals surface area contributed by atoms with Crippen LogP contribution >= 0.6 is 0 Å². The minimum absolute atomic E-state index is 0.267. The van der Waals surface area contributed by atoms with Gasteiger partial charge in [-0.15, -0.1) is 0 Å². The number of carbonyl (C=O) groups is 1. The lowest BCUT2D eigenvalue weighted by Crippen LogP contribution is -2.42. The first-order valence-corrected chi connectivity index (χ1v) is 5.04. The highest BCUT2D eigenvalue weighted by Crippen LogP contribution is 2.08. The van der Waals surface area contributed by atoms with Gasteiger partial charge in [0.1, 0.15) is 5.54 Å². The lowest BCUT2D eigenvalue weighted by Gasteiger charge is -2.18. The van der Waals surface area contributed by atoms with Crippen LogP contribution in [0.15, 0.2) is 12.1 Å². The summed E-state index contributed by atoms with van der Waals surface area (Å²) < 4.78 is 0. The first-order chi connectivity index (χ1) is 7.35. The molecule has 1 amide bonds. The van der Waals surface area contributed by atoms with Gasteiger partial charge >= 0.3 is 0 Å². The molecule has 1 rings (SSSR count). The van der Waals surface area contributed by atoms with Crippen LogP contribution in [0.25, 0.3) is 0 Å². The predicted molar refractivity (Wildman–Crippen MR) is 60.9 cm³/mol. The zero-order valence-corrected chi connectivity index (χ0v) is 9.96. The molecule has 0 fully saturated rings. The summed E-state index contributed by atoms with van der Waals surface area (Å²) in [7, 11) is 0. The minimum atomic E-state index is -0.867. The van der Waals surface area contributed by atoms with Crippen molar-refractivity contribution in [3.05, 3.63) is 29.1 Å². The zero-order chi connectivity index (χ0) is 12.3. The summed E-state index contributed by atoms with van der Waals surface area (Å²) in [6.45, 7) is 6.96.